The Hall–Kier alpha value is -1.56. The summed E-state index contributed by atoms with van der Waals surface area (Å²) in [5.41, 5.74) is 5.76. The third kappa shape index (κ3) is 6.23. The number of aryl methyl sites for hydroxylation is 1. The van der Waals surface area contributed by atoms with Crippen molar-refractivity contribution in [3.63, 3.8) is 0 Å². The van der Waals surface area contributed by atoms with Crippen LogP contribution in [0.5, 0.6) is 0 Å². The molecule has 0 spiro atoms. The van der Waals surface area contributed by atoms with Gasteiger partial charge in [-0.05, 0) is 72.6 Å². The molecular formula is C28H40. The predicted molar refractivity (Wildman–Crippen MR) is 124 cm³/mol. The van der Waals surface area contributed by atoms with Crippen molar-refractivity contribution in [3.05, 3.63) is 59.7 Å². The average Bonchev–Trinajstić information content (AvgIpc) is 2.76. The van der Waals surface area contributed by atoms with E-state index in [1.807, 2.05) is 0 Å². The van der Waals surface area contributed by atoms with Crippen molar-refractivity contribution in [3.8, 4) is 11.1 Å². The maximum Gasteiger partial charge on any atom is -0.0162 e. The van der Waals surface area contributed by atoms with Gasteiger partial charge in [-0.25, -0.2) is 0 Å². The minimum absolute atomic E-state index is 0.789. The van der Waals surface area contributed by atoms with Gasteiger partial charge in [-0.15, -0.1) is 0 Å². The fraction of sp³-hybridized carbons (Fsp3) is 0.571. The normalized spacial score (nSPS) is 19.6. The van der Waals surface area contributed by atoms with Crippen LogP contribution in [0.15, 0.2) is 48.5 Å². The number of hydrogen-bond donors (Lipinski definition) is 0. The molecule has 1 aliphatic rings. The van der Waals surface area contributed by atoms with Gasteiger partial charge in [0, 0.05) is 0 Å². The molecule has 0 nitrogen and oxygen atoms in total. The van der Waals surface area contributed by atoms with Crippen molar-refractivity contribution < 1.29 is 0 Å². The van der Waals surface area contributed by atoms with Crippen LogP contribution in [-0.2, 0) is 6.42 Å². The summed E-state index contributed by atoms with van der Waals surface area (Å²) in [6, 6.07) is 18.7. The molecule has 0 heterocycles. The first-order valence-electron chi connectivity index (χ1n) is 12.0. The quantitative estimate of drug-likeness (QED) is 0.363. The summed E-state index contributed by atoms with van der Waals surface area (Å²) in [7, 11) is 0. The second-order valence-corrected chi connectivity index (χ2v) is 8.99. The van der Waals surface area contributed by atoms with E-state index in [2.05, 4.69) is 62.4 Å². The molecule has 0 unspecified atom stereocenters. The Morgan fingerprint density at radius 2 is 1.25 bits per heavy atom. The van der Waals surface area contributed by atoms with Gasteiger partial charge in [0.15, 0.2) is 0 Å². The molecule has 2 aromatic rings. The van der Waals surface area contributed by atoms with E-state index in [-0.39, 0.29) is 0 Å². The second-order valence-electron chi connectivity index (χ2n) is 8.99. The molecule has 152 valence electrons. The van der Waals surface area contributed by atoms with Crippen LogP contribution in [-0.4, -0.2) is 0 Å². The van der Waals surface area contributed by atoms with Crippen LogP contribution in [0.25, 0.3) is 11.1 Å². The van der Waals surface area contributed by atoms with E-state index in [1.54, 1.807) is 5.56 Å². The molecule has 3 rings (SSSR count). The number of rotatable bonds is 10. The molecule has 0 aromatic heterocycles. The lowest BCUT2D eigenvalue weighted by atomic mass is 9.77. The van der Waals surface area contributed by atoms with Gasteiger partial charge in [-0.2, -0.15) is 0 Å². The van der Waals surface area contributed by atoms with Crippen molar-refractivity contribution in [1.82, 2.24) is 0 Å². The van der Waals surface area contributed by atoms with Crippen LogP contribution in [0.3, 0.4) is 0 Å². The van der Waals surface area contributed by atoms with Crippen LogP contribution in [0, 0.1) is 5.92 Å². The van der Waals surface area contributed by atoms with Gasteiger partial charge in [0.2, 0.25) is 0 Å². The molecule has 0 atom stereocenters. The first-order chi connectivity index (χ1) is 13.8. The zero-order valence-electron chi connectivity index (χ0n) is 18.3. The second kappa shape index (κ2) is 11.4. The fourth-order valence-corrected chi connectivity index (χ4v) is 4.84. The van der Waals surface area contributed by atoms with Crippen LogP contribution >= 0.6 is 0 Å². The predicted octanol–water partition coefficient (Wildman–Crippen LogP) is 8.94. The van der Waals surface area contributed by atoms with Crippen LogP contribution in [0.4, 0.5) is 0 Å². The van der Waals surface area contributed by atoms with E-state index in [0.29, 0.717) is 0 Å². The summed E-state index contributed by atoms with van der Waals surface area (Å²) in [6.07, 6.45) is 16.5. The molecule has 0 radical (unpaired) electrons. The van der Waals surface area contributed by atoms with Gasteiger partial charge < -0.3 is 0 Å². The number of hydrogen-bond acceptors (Lipinski definition) is 0. The maximum absolute atomic E-state index is 2.39. The first kappa shape index (κ1) is 21.2. The highest BCUT2D eigenvalue weighted by Crippen LogP contribution is 2.38. The molecule has 1 fully saturated rings. The maximum atomic E-state index is 2.39. The fourth-order valence-electron chi connectivity index (χ4n) is 4.84. The Morgan fingerprint density at radius 1 is 0.643 bits per heavy atom. The standard InChI is InChI=1S/C28H40/c1-3-5-7-8-10-24-13-17-26(18-14-24)28-21-19-27(20-22-28)25-15-11-23(12-16-25)9-6-4-2/h13-14,17-23,25H,3-12,15-16H2,1-2H3. The molecular weight excluding hydrogens is 336 g/mol. The lowest BCUT2D eigenvalue weighted by Gasteiger charge is -2.29. The minimum Gasteiger partial charge on any atom is -0.0654 e. The molecule has 0 N–H and O–H groups in total. The molecule has 1 aliphatic carbocycles. The molecule has 1 saturated carbocycles. The third-order valence-electron chi connectivity index (χ3n) is 6.80. The average molecular weight is 377 g/mol. The van der Waals surface area contributed by atoms with Gasteiger partial charge in [0.25, 0.3) is 0 Å². The zero-order valence-corrected chi connectivity index (χ0v) is 18.3. The largest absolute Gasteiger partial charge is 0.0654 e. The Labute approximate surface area is 173 Å². The van der Waals surface area contributed by atoms with Crippen molar-refractivity contribution in [2.75, 3.05) is 0 Å². The summed E-state index contributed by atoms with van der Waals surface area (Å²) in [6.45, 7) is 4.59. The molecule has 2 aromatic carbocycles. The van der Waals surface area contributed by atoms with E-state index in [9.17, 15) is 0 Å². The highest BCUT2D eigenvalue weighted by atomic mass is 14.3. The summed E-state index contributed by atoms with van der Waals surface area (Å²) in [5.74, 6) is 1.79. The van der Waals surface area contributed by atoms with E-state index in [1.165, 1.54) is 93.7 Å². The van der Waals surface area contributed by atoms with Crippen molar-refractivity contribution in [1.29, 1.82) is 0 Å². The Balaban J connectivity index is 1.51. The Morgan fingerprint density at radius 3 is 1.86 bits per heavy atom. The smallest absolute Gasteiger partial charge is 0.0162 e. The lowest BCUT2D eigenvalue weighted by molar-refractivity contribution is 0.304. The minimum atomic E-state index is 0.789. The zero-order chi connectivity index (χ0) is 19.6. The summed E-state index contributed by atoms with van der Waals surface area (Å²) >= 11 is 0. The van der Waals surface area contributed by atoms with E-state index >= 15 is 0 Å². The highest BCUT2D eigenvalue weighted by molar-refractivity contribution is 5.64. The molecule has 28 heavy (non-hydrogen) atoms. The molecule has 0 bridgehead atoms. The SMILES string of the molecule is CCCCCCc1ccc(-c2ccc(C3CCC(CCCC)CC3)cc2)cc1. The van der Waals surface area contributed by atoms with Crippen molar-refractivity contribution in [2.24, 2.45) is 5.92 Å². The van der Waals surface area contributed by atoms with Gasteiger partial charge in [0.05, 0.1) is 0 Å². The van der Waals surface area contributed by atoms with Gasteiger partial charge in [0.1, 0.15) is 0 Å². The van der Waals surface area contributed by atoms with Gasteiger partial charge in [-0.1, -0.05) is 101 Å². The molecule has 0 saturated heterocycles. The van der Waals surface area contributed by atoms with Crippen molar-refractivity contribution >= 4 is 0 Å². The van der Waals surface area contributed by atoms with Crippen molar-refractivity contribution in [2.45, 2.75) is 96.8 Å². The van der Waals surface area contributed by atoms with Crippen LogP contribution in [0.1, 0.15) is 102 Å². The lowest BCUT2D eigenvalue weighted by Crippen LogP contribution is -2.13. The van der Waals surface area contributed by atoms with E-state index in [4.69, 9.17) is 0 Å². The highest BCUT2D eigenvalue weighted by Gasteiger charge is 2.21. The van der Waals surface area contributed by atoms with Crippen LogP contribution in [0.2, 0.25) is 0 Å². The molecule has 0 aliphatic heterocycles. The van der Waals surface area contributed by atoms with Gasteiger partial charge >= 0.3 is 0 Å². The first-order valence-corrected chi connectivity index (χ1v) is 12.0. The third-order valence-corrected chi connectivity index (χ3v) is 6.80. The number of benzene rings is 2. The monoisotopic (exact) mass is 376 g/mol. The summed E-state index contributed by atoms with van der Waals surface area (Å²) < 4.78 is 0. The molecule has 0 heteroatoms. The van der Waals surface area contributed by atoms with Crippen LogP contribution < -0.4 is 0 Å². The molecule has 0 amide bonds. The Kier molecular flexibility index (Phi) is 8.65. The summed E-state index contributed by atoms with van der Waals surface area (Å²) in [5, 5.41) is 0. The number of unbranched alkanes of at least 4 members (excludes halogenated alkanes) is 4. The van der Waals surface area contributed by atoms with E-state index < -0.39 is 0 Å². The topological polar surface area (TPSA) is 0 Å². The Bertz CT molecular complexity index is 656. The van der Waals surface area contributed by atoms with Gasteiger partial charge in [-0.3, -0.25) is 0 Å². The summed E-state index contributed by atoms with van der Waals surface area (Å²) in [4.78, 5) is 0. The van der Waals surface area contributed by atoms with E-state index in [0.717, 1.165) is 11.8 Å².